The number of rotatable bonds is 6. The van der Waals surface area contributed by atoms with Crippen molar-refractivity contribution in [3.05, 3.63) is 108 Å². The highest BCUT2D eigenvalue weighted by atomic mass is 35.5. The number of nitrogens with one attached hydrogen (secondary N) is 2. The highest BCUT2D eigenvalue weighted by Gasteiger charge is 2.13. The van der Waals surface area contributed by atoms with Crippen LogP contribution in [0.15, 0.2) is 85.1 Å². The Hall–Kier alpha value is -3.61. The second kappa shape index (κ2) is 10.6. The highest BCUT2D eigenvalue weighted by molar-refractivity contribution is 5.95. The molecule has 4 rings (SSSR count). The molecule has 0 saturated carbocycles. The van der Waals surface area contributed by atoms with E-state index in [2.05, 4.69) is 16.7 Å². The summed E-state index contributed by atoms with van der Waals surface area (Å²) < 4.78 is 2.06. The van der Waals surface area contributed by atoms with Crippen LogP contribution in [-0.4, -0.2) is 21.2 Å². The number of nitrogen functional groups attached to an aromatic ring is 2. The van der Waals surface area contributed by atoms with Crippen LogP contribution < -0.4 is 11.5 Å². The van der Waals surface area contributed by atoms with Gasteiger partial charge in [0.05, 0.1) is 5.69 Å². The summed E-state index contributed by atoms with van der Waals surface area (Å²) in [6.45, 7) is 0. The Morgan fingerprint density at radius 2 is 1.28 bits per heavy atom. The Kier molecular flexibility index (Phi) is 8.18. The Bertz CT molecular complexity index is 1200. The van der Waals surface area contributed by atoms with Gasteiger partial charge < -0.3 is 16.0 Å². The molecule has 0 aliphatic carbocycles. The monoisotopic (exact) mass is 466 g/mol. The predicted octanol–water partition coefficient (Wildman–Crippen LogP) is 4.54. The van der Waals surface area contributed by atoms with Crippen LogP contribution in [0, 0.1) is 10.8 Å². The topological polar surface area (TPSA) is 118 Å². The van der Waals surface area contributed by atoms with Crippen molar-refractivity contribution in [3.8, 4) is 16.9 Å². The minimum atomic E-state index is 0. The summed E-state index contributed by atoms with van der Waals surface area (Å²) in [7, 11) is 0. The summed E-state index contributed by atoms with van der Waals surface area (Å²) in [4.78, 5) is 4.90. The second-order valence-corrected chi connectivity index (χ2v) is 7.03. The maximum atomic E-state index is 7.60. The molecule has 0 radical (unpaired) electrons. The van der Waals surface area contributed by atoms with Gasteiger partial charge in [-0.3, -0.25) is 10.8 Å². The number of nitrogens with zero attached hydrogens (tertiary/aromatic N) is 2. The molecule has 0 fully saturated rings. The first-order valence-electron chi connectivity index (χ1n) is 9.53. The van der Waals surface area contributed by atoms with Crippen molar-refractivity contribution >= 4 is 36.5 Å². The molecule has 1 heterocycles. The van der Waals surface area contributed by atoms with Crippen LogP contribution >= 0.6 is 24.8 Å². The van der Waals surface area contributed by atoms with Crippen LogP contribution in [-0.2, 0) is 6.42 Å². The minimum absolute atomic E-state index is 0. The van der Waals surface area contributed by atoms with E-state index in [1.807, 2.05) is 72.9 Å². The first kappa shape index (κ1) is 24.7. The van der Waals surface area contributed by atoms with Gasteiger partial charge in [-0.05, 0) is 29.8 Å². The van der Waals surface area contributed by atoms with Crippen LogP contribution in [0.4, 0.5) is 0 Å². The van der Waals surface area contributed by atoms with Crippen molar-refractivity contribution in [1.29, 1.82) is 10.8 Å². The lowest BCUT2D eigenvalue weighted by atomic mass is 10.1. The number of halogens is 2. The first-order chi connectivity index (χ1) is 14.5. The fraction of sp³-hybridized carbons (Fsp3) is 0.0417. The van der Waals surface area contributed by atoms with Gasteiger partial charge in [0.25, 0.3) is 0 Å². The number of hydrogen-bond acceptors (Lipinski definition) is 3. The smallest absolute Gasteiger partial charge is 0.122 e. The molecule has 6 N–H and O–H groups in total. The minimum Gasteiger partial charge on any atom is -0.384 e. The Labute approximate surface area is 199 Å². The Balaban J connectivity index is 0.00000181. The Morgan fingerprint density at radius 3 is 1.81 bits per heavy atom. The lowest BCUT2D eigenvalue weighted by Crippen LogP contribution is -2.11. The third-order valence-electron chi connectivity index (χ3n) is 4.93. The van der Waals surface area contributed by atoms with Gasteiger partial charge in [-0.25, -0.2) is 4.98 Å². The van der Waals surface area contributed by atoms with E-state index in [0.717, 1.165) is 22.8 Å². The number of benzene rings is 3. The molecule has 0 atom stereocenters. The lowest BCUT2D eigenvalue weighted by Gasteiger charge is -2.09. The molecule has 0 bridgehead atoms. The zero-order chi connectivity index (χ0) is 21.1. The van der Waals surface area contributed by atoms with Gasteiger partial charge in [-0.15, -0.1) is 24.8 Å². The van der Waals surface area contributed by atoms with E-state index in [-0.39, 0.29) is 36.5 Å². The van der Waals surface area contributed by atoms with E-state index in [0.29, 0.717) is 17.5 Å². The van der Waals surface area contributed by atoms with Gasteiger partial charge in [0.2, 0.25) is 0 Å². The SMILES string of the molecule is Cl.Cl.N=C(N)c1ccc(-c2cn(-c3ccc(C(=N)N)cc3)c(Cc3ccccc3)n2)cc1. The molecule has 0 amide bonds. The van der Waals surface area contributed by atoms with Crippen molar-refractivity contribution in [3.63, 3.8) is 0 Å². The second-order valence-electron chi connectivity index (χ2n) is 7.03. The van der Waals surface area contributed by atoms with Crippen LogP contribution in [0.5, 0.6) is 0 Å². The van der Waals surface area contributed by atoms with Gasteiger partial charge in [-0.1, -0.05) is 54.6 Å². The maximum Gasteiger partial charge on any atom is 0.122 e. The van der Waals surface area contributed by atoms with E-state index < -0.39 is 0 Å². The molecule has 0 spiro atoms. The number of imidazole rings is 1. The number of aromatic nitrogens is 2. The van der Waals surface area contributed by atoms with Crippen LogP contribution in [0.3, 0.4) is 0 Å². The van der Waals surface area contributed by atoms with Gasteiger partial charge in [0.15, 0.2) is 0 Å². The van der Waals surface area contributed by atoms with Gasteiger partial charge in [0.1, 0.15) is 17.5 Å². The van der Waals surface area contributed by atoms with Crippen LogP contribution in [0.2, 0.25) is 0 Å². The molecule has 32 heavy (non-hydrogen) atoms. The molecule has 1 aromatic heterocycles. The number of hydrogen-bond donors (Lipinski definition) is 4. The average Bonchev–Trinajstić information content (AvgIpc) is 3.18. The van der Waals surface area contributed by atoms with E-state index in [1.165, 1.54) is 5.56 Å². The molecule has 8 heteroatoms. The van der Waals surface area contributed by atoms with E-state index in [4.69, 9.17) is 27.3 Å². The molecule has 164 valence electrons. The third kappa shape index (κ3) is 5.35. The van der Waals surface area contributed by atoms with Gasteiger partial charge in [-0.2, -0.15) is 0 Å². The van der Waals surface area contributed by atoms with Crippen LogP contribution in [0.1, 0.15) is 22.5 Å². The quantitative estimate of drug-likeness (QED) is 0.246. The molecule has 0 aliphatic heterocycles. The standard InChI is InChI=1S/C24H22N6.2ClH/c25-23(26)18-8-6-17(7-9-18)21-15-30(20-12-10-19(11-13-20)24(27)28)22(29-21)14-16-4-2-1-3-5-16;;/h1-13,15H,14H2,(H3,25,26)(H3,27,28);2*1H. The van der Waals surface area contributed by atoms with Crippen molar-refractivity contribution < 1.29 is 0 Å². The van der Waals surface area contributed by atoms with Gasteiger partial charge >= 0.3 is 0 Å². The van der Waals surface area contributed by atoms with E-state index in [1.54, 1.807) is 0 Å². The summed E-state index contributed by atoms with van der Waals surface area (Å²) in [5.41, 5.74) is 16.4. The molecule has 4 aromatic rings. The molecular formula is C24H24Cl2N6. The van der Waals surface area contributed by atoms with Crippen molar-refractivity contribution in [2.45, 2.75) is 6.42 Å². The van der Waals surface area contributed by atoms with Crippen molar-refractivity contribution in [1.82, 2.24) is 9.55 Å². The predicted molar refractivity (Wildman–Crippen MR) is 135 cm³/mol. The molecule has 0 unspecified atom stereocenters. The van der Waals surface area contributed by atoms with Crippen molar-refractivity contribution in [2.75, 3.05) is 0 Å². The molecular weight excluding hydrogens is 443 g/mol. The fourth-order valence-electron chi connectivity index (χ4n) is 3.31. The normalized spacial score (nSPS) is 10.0. The first-order valence-corrected chi connectivity index (χ1v) is 9.53. The molecule has 0 aliphatic rings. The Morgan fingerprint density at radius 1 is 0.750 bits per heavy atom. The summed E-state index contributed by atoms with van der Waals surface area (Å²) in [6, 6.07) is 25.3. The molecule has 0 saturated heterocycles. The summed E-state index contributed by atoms with van der Waals surface area (Å²) in [6.07, 6.45) is 2.69. The van der Waals surface area contributed by atoms with E-state index >= 15 is 0 Å². The average molecular weight is 467 g/mol. The molecule has 3 aromatic carbocycles. The summed E-state index contributed by atoms with van der Waals surface area (Å²) in [5, 5.41) is 15.2. The zero-order valence-corrected chi connectivity index (χ0v) is 18.8. The summed E-state index contributed by atoms with van der Waals surface area (Å²) in [5.74, 6) is 0.993. The maximum absolute atomic E-state index is 7.60. The van der Waals surface area contributed by atoms with Gasteiger partial charge in [0, 0.05) is 35.0 Å². The zero-order valence-electron chi connectivity index (χ0n) is 17.2. The highest BCUT2D eigenvalue weighted by Crippen LogP contribution is 2.24. The largest absolute Gasteiger partial charge is 0.384 e. The van der Waals surface area contributed by atoms with Crippen molar-refractivity contribution in [2.24, 2.45) is 11.5 Å². The summed E-state index contributed by atoms with van der Waals surface area (Å²) >= 11 is 0. The number of nitrogens with two attached hydrogens (primary N) is 2. The molecule has 6 nitrogen and oxygen atoms in total. The fourth-order valence-corrected chi connectivity index (χ4v) is 3.31. The third-order valence-corrected chi connectivity index (χ3v) is 4.93. The lowest BCUT2D eigenvalue weighted by molar-refractivity contribution is 0.914. The van der Waals surface area contributed by atoms with E-state index in [9.17, 15) is 0 Å². The number of amidine groups is 2. The van der Waals surface area contributed by atoms with Crippen LogP contribution in [0.25, 0.3) is 16.9 Å².